The van der Waals surface area contributed by atoms with Crippen molar-refractivity contribution < 1.29 is 13.9 Å². The summed E-state index contributed by atoms with van der Waals surface area (Å²) in [4.78, 5) is 2.31. The molecule has 20 heavy (non-hydrogen) atoms. The standard InChI is InChI=1S/C15H28N2O3/c1-5-16-10-14-6-7-15(20-14)11-17(8-9-18-3)13(2)12-19-4/h6-7,13,16H,5,8-12H2,1-4H3. The minimum atomic E-state index is 0.331. The smallest absolute Gasteiger partial charge is 0.118 e. The lowest BCUT2D eigenvalue weighted by molar-refractivity contribution is 0.0661. The van der Waals surface area contributed by atoms with Gasteiger partial charge in [-0.1, -0.05) is 6.92 Å². The van der Waals surface area contributed by atoms with E-state index in [1.165, 1.54) is 0 Å². The first-order valence-corrected chi connectivity index (χ1v) is 7.21. The predicted molar refractivity (Wildman–Crippen MR) is 79.7 cm³/mol. The predicted octanol–water partition coefficient (Wildman–Crippen LogP) is 1.87. The average Bonchev–Trinajstić information content (AvgIpc) is 2.89. The molecule has 1 atom stereocenters. The van der Waals surface area contributed by atoms with Crippen LogP contribution in [0.25, 0.3) is 0 Å². The maximum atomic E-state index is 5.84. The number of ether oxygens (including phenoxy) is 2. The second kappa shape index (κ2) is 9.94. The van der Waals surface area contributed by atoms with Gasteiger partial charge in [0.2, 0.25) is 0 Å². The first kappa shape index (κ1) is 17.2. The lowest BCUT2D eigenvalue weighted by atomic mass is 10.2. The molecular formula is C15H28N2O3. The molecule has 1 unspecified atom stereocenters. The van der Waals surface area contributed by atoms with Crippen molar-refractivity contribution in [1.29, 1.82) is 0 Å². The number of hydrogen-bond donors (Lipinski definition) is 1. The molecule has 0 aliphatic rings. The number of nitrogens with one attached hydrogen (secondary N) is 1. The minimum Gasteiger partial charge on any atom is -0.463 e. The number of methoxy groups -OCH3 is 2. The SMILES string of the molecule is CCNCc1ccc(CN(CCOC)C(C)COC)o1. The van der Waals surface area contributed by atoms with Gasteiger partial charge in [0.15, 0.2) is 0 Å². The van der Waals surface area contributed by atoms with Crippen LogP contribution in [0.2, 0.25) is 0 Å². The molecule has 0 aliphatic carbocycles. The van der Waals surface area contributed by atoms with Crippen molar-refractivity contribution in [2.75, 3.05) is 40.5 Å². The Labute approximate surface area is 122 Å². The van der Waals surface area contributed by atoms with Gasteiger partial charge in [0.25, 0.3) is 0 Å². The van der Waals surface area contributed by atoms with Crippen LogP contribution in [-0.4, -0.2) is 51.5 Å². The number of nitrogens with zero attached hydrogens (tertiary/aromatic N) is 1. The molecule has 0 radical (unpaired) electrons. The van der Waals surface area contributed by atoms with Crippen LogP contribution in [0.3, 0.4) is 0 Å². The van der Waals surface area contributed by atoms with E-state index in [9.17, 15) is 0 Å². The summed E-state index contributed by atoms with van der Waals surface area (Å²) in [6.45, 7) is 9.02. The Morgan fingerprint density at radius 3 is 2.65 bits per heavy atom. The third-order valence-electron chi connectivity index (χ3n) is 3.24. The Hall–Kier alpha value is -0.880. The van der Waals surface area contributed by atoms with Crippen molar-refractivity contribution in [2.24, 2.45) is 0 Å². The Bertz CT molecular complexity index is 355. The van der Waals surface area contributed by atoms with Gasteiger partial charge in [-0.3, -0.25) is 4.90 Å². The van der Waals surface area contributed by atoms with Crippen molar-refractivity contribution >= 4 is 0 Å². The van der Waals surface area contributed by atoms with Gasteiger partial charge in [-0.15, -0.1) is 0 Å². The summed E-state index contributed by atoms with van der Waals surface area (Å²) in [5.74, 6) is 1.96. The monoisotopic (exact) mass is 284 g/mol. The lowest BCUT2D eigenvalue weighted by Gasteiger charge is -2.27. The van der Waals surface area contributed by atoms with Gasteiger partial charge in [0, 0.05) is 26.8 Å². The minimum absolute atomic E-state index is 0.331. The third kappa shape index (κ3) is 6.05. The van der Waals surface area contributed by atoms with E-state index in [1.807, 2.05) is 12.1 Å². The van der Waals surface area contributed by atoms with Gasteiger partial charge in [0.05, 0.1) is 26.3 Å². The summed E-state index contributed by atoms with van der Waals surface area (Å²) < 4.78 is 16.2. The molecule has 1 aromatic heterocycles. The molecule has 1 aromatic rings. The topological polar surface area (TPSA) is 46.9 Å². The van der Waals surface area contributed by atoms with Crippen LogP contribution >= 0.6 is 0 Å². The lowest BCUT2D eigenvalue weighted by Crippen LogP contribution is -2.37. The fourth-order valence-corrected chi connectivity index (χ4v) is 2.06. The molecule has 0 aliphatic heterocycles. The molecule has 0 spiro atoms. The van der Waals surface area contributed by atoms with Crippen molar-refractivity contribution in [2.45, 2.75) is 33.0 Å². The van der Waals surface area contributed by atoms with E-state index < -0.39 is 0 Å². The van der Waals surface area contributed by atoms with Gasteiger partial charge in [0.1, 0.15) is 11.5 Å². The largest absolute Gasteiger partial charge is 0.463 e. The fourth-order valence-electron chi connectivity index (χ4n) is 2.06. The molecule has 5 heteroatoms. The van der Waals surface area contributed by atoms with Gasteiger partial charge < -0.3 is 19.2 Å². The van der Waals surface area contributed by atoms with Crippen LogP contribution in [-0.2, 0) is 22.6 Å². The maximum absolute atomic E-state index is 5.84. The average molecular weight is 284 g/mol. The summed E-state index contributed by atoms with van der Waals surface area (Å²) in [5.41, 5.74) is 0. The highest BCUT2D eigenvalue weighted by molar-refractivity contribution is 5.07. The van der Waals surface area contributed by atoms with Gasteiger partial charge >= 0.3 is 0 Å². The second-order valence-electron chi connectivity index (χ2n) is 4.92. The molecule has 0 saturated heterocycles. The molecule has 0 amide bonds. The summed E-state index contributed by atoms with van der Waals surface area (Å²) >= 11 is 0. The van der Waals surface area contributed by atoms with E-state index in [2.05, 4.69) is 24.1 Å². The molecule has 0 bridgehead atoms. The first-order chi connectivity index (χ1) is 9.71. The molecule has 0 fully saturated rings. The van der Waals surface area contributed by atoms with Crippen LogP contribution in [0.4, 0.5) is 0 Å². The van der Waals surface area contributed by atoms with Gasteiger partial charge in [-0.25, -0.2) is 0 Å². The Kier molecular flexibility index (Phi) is 8.53. The molecular weight excluding hydrogens is 256 g/mol. The van der Waals surface area contributed by atoms with Crippen molar-refractivity contribution in [1.82, 2.24) is 10.2 Å². The van der Waals surface area contributed by atoms with Crippen LogP contribution in [0.15, 0.2) is 16.5 Å². The van der Waals surface area contributed by atoms with Crippen LogP contribution in [0.5, 0.6) is 0 Å². The quantitative estimate of drug-likeness (QED) is 0.672. The highest BCUT2D eigenvalue weighted by atomic mass is 16.5. The summed E-state index contributed by atoms with van der Waals surface area (Å²) in [7, 11) is 3.45. The molecule has 0 saturated carbocycles. The normalized spacial score (nSPS) is 13.1. The van der Waals surface area contributed by atoms with E-state index in [1.54, 1.807) is 14.2 Å². The summed E-state index contributed by atoms with van der Waals surface area (Å²) in [5, 5.41) is 3.26. The van der Waals surface area contributed by atoms with Gasteiger partial charge in [-0.05, 0) is 25.6 Å². The Balaban J connectivity index is 2.56. The number of rotatable bonds is 11. The third-order valence-corrected chi connectivity index (χ3v) is 3.24. The van der Waals surface area contributed by atoms with Crippen LogP contribution in [0.1, 0.15) is 25.4 Å². The van der Waals surface area contributed by atoms with E-state index in [0.29, 0.717) is 19.3 Å². The van der Waals surface area contributed by atoms with Crippen molar-refractivity contribution in [3.63, 3.8) is 0 Å². The zero-order valence-electron chi connectivity index (χ0n) is 13.1. The van der Waals surface area contributed by atoms with Crippen molar-refractivity contribution in [3.05, 3.63) is 23.7 Å². The first-order valence-electron chi connectivity index (χ1n) is 7.21. The highest BCUT2D eigenvalue weighted by Gasteiger charge is 2.15. The molecule has 116 valence electrons. The fraction of sp³-hybridized carbons (Fsp3) is 0.733. The number of furan rings is 1. The molecule has 0 aromatic carbocycles. The van der Waals surface area contributed by atoms with Gasteiger partial charge in [-0.2, -0.15) is 0 Å². The molecule has 5 nitrogen and oxygen atoms in total. The summed E-state index contributed by atoms with van der Waals surface area (Å²) in [6.07, 6.45) is 0. The molecule has 1 rings (SSSR count). The second-order valence-corrected chi connectivity index (χ2v) is 4.92. The van der Waals surface area contributed by atoms with Crippen LogP contribution in [0, 0.1) is 0 Å². The van der Waals surface area contributed by atoms with E-state index >= 15 is 0 Å². The van der Waals surface area contributed by atoms with E-state index in [0.717, 1.165) is 37.7 Å². The van der Waals surface area contributed by atoms with E-state index in [4.69, 9.17) is 13.9 Å². The Morgan fingerprint density at radius 2 is 2.00 bits per heavy atom. The summed E-state index contributed by atoms with van der Waals surface area (Å²) in [6, 6.07) is 4.41. The van der Waals surface area contributed by atoms with Crippen LogP contribution < -0.4 is 5.32 Å². The maximum Gasteiger partial charge on any atom is 0.118 e. The zero-order valence-corrected chi connectivity index (χ0v) is 13.1. The highest BCUT2D eigenvalue weighted by Crippen LogP contribution is 2.13. The molecule has 1 N–H and O–H groups in total. The number of hydrogen-bond acceptors (Lipinski definition) is 5. The van der Waals surface area contributed by atoms with Crippen molar-refractivity contribution in [3.8, 4) is 0 Å². The zero-order chi connectivity index (χ0) is 14.8. The van der Waals surface area contributed by atoms with E-state index in [-0.39, 0.29) is 0 Å². The molecule has 1 heterocycles. The Morgan fingerprint density at radius 1 is 1.25 bits per heavy atom.